The van der Waals surface area contributed by atoms with Gasteiger partial charge >= 0.3 is 5.97 Å². The highest BCUT2D eigenvalue weighted by atomic mass is 16.5. The van der Waals surface area contributed by atoms with Crippen molar-refractivity contribution in [2.45, 2.75) is 33.2 Å². The number of aryl methyl sites for hydroxylation is 1. The molecule has 0 spiro atoms. The third-order valence-electron chi connectivity index (χ3n) is 7.04. The predicted molar refractivity (Wildman–Crippen MR) is 170 cm³/mol. The van der Waals surface area contributed by atoms with Gasteiger partial charge in [0.15, 0.2) is 5.78 Å². The third kappa shape index (κ3) is 8.32. The van der Waals surface area contributed by atoms with Gasteiger partial charge in [-0.1, -0.05) is 80.6 Å². The van der Waals surface area contributed by atoms with Gasteiger partial charge in [0.1, 0.15) is 18.4 Å². The van der Waals surface area contributed by atoms with Crippen molar-refractivity contribution in [2.24, 2.45) is 5.92 Å². The van der Waals surface area contributed by atoms with Crippen LogP contribution in [0.1, 0.15) is 40.9 Å². The number of esters is 1. The van der Waals surface area contributed by atoms with E-state index in [4.69, 9.17) is 9.47 Å². The first-order valence-corrected chi connectivity index (χ1v) is 14.4. The van der Waals surface area contributed by atoms with E-state index in [9.17, 15) is 14.4 Å². The fourth-order valence-electron chi connectivity index (χ4n) is 4.76. The van der Waals surface area contributed by atoms with Crippen LogP contribution in [0.15, 0.2) is 103 Å². The van der Waals surface area contributed by atoms with Crippen molar-refractivity contribution in [2.75, 3.05) is 30.5 Å². The van der Waals surface area contributed by atoms with Crippen molar-refractivity contribution >= 4 is 29.0 Å². The molecule has 0 saturated carbocycles. The van der Waals surface area contributed by atoms with Crippen molar-refractivity contribution < 1.29 is 23.9 Å². The van der Waals surface area contributed by atoms with E-state index in [0.717, 1.165) is 16.8 Å². The van der Waals surface area contributed by atoms with E-state index in [-0.39, 0.29) is 17.6 Å². The number of amides is 1. The van der Waals surface area contributed by atoms with Crippen molar-refractivity contribution in [1.29, 1.82) is 0 Å². The summed E-state index contributed by atoms with van der Waals surface area (Å²) < 4.78 is 11.1. The molecule has 1 N–H and O–H groups in total. The Morgan fingerprint density at radius 2 is 1.53 bits per heavy atom. The zero-order valence-electron chi connectivity index (χ0n) is 25.1. The Balaban J connectivity index is 1.42. The molecule has 4 aromatic carbocycles. The number of hydrogen-bond donors (Lipinski definition) is 1. The lowest BCUT2D eigenvalue weighted by atomic mass is 10.00. The second-order valence-corrected chi connectivity index (χ2v) is 10.6. The van der Waals surface area contributed by atoms with Gasteiger partial charge < -0.3 is 19.7 Å². The number of nitrogens with zero attached hydrogens (tertiary/aromatic N) is 1. The van der Waals surface area contributed by atoms with Crippen LogP contribution >= 0.6 is 0 Å². The smallest absolute Gasteiger partial charge is 0.328 e. The van der Waals surface area contributed by atoms with E-state index in [2.05, 4.69) is 5.32 Å². The molecule has 1 atom stereocenters. The van der Waals surface area contributed by atoms with Gasteiger partial charge in [-0.2, -0.15) is 0 Å². The fourth-order valence-corrected chi connectivity index (χ4v) is 4.76. The van der Waals surface area contributed by atoms with E-state index < -0.39 is 12.0 Å². The zero-order valence-corrected chi connectivity index (χ0v) is 25.1. The van der Waals surface area contributed by atoms with Crippen LogP contribution in [0.2, 0.25) is 0 Å². The number of carbonyl (C=O) groups excluding carboxylic acids is 3. The molecular weight excluding hydrogens is 540 g/mol. The van der Waals surface area contributed by atoms with Crippen molar-refractivity contribution in [3.05, 3.63) is 125 Å². The lowest BCUT2D eigenvalue weighted by molar-refractivity contribution is -0.141. The van der Waals surface area contributed by atoms with Crippen LogP contribution in [0.25, 0.3) is 0 Å². The number of ketones is 1. The molecule has 0 saturated heterocycles. The second-order valence-electron chi connectivity index (χ2n) is 10.6. The highest BCUT2D eigenvalue weighted by molar-refractivity contribution is 6.12. The normalized spacial score (nSPS) is 11.5. The summed E-state index contributed by atoms with van der Waals surface area (Å²) in [6.45, 7) is 6.52. The minimum Gasteiger partial charge on any atom is -0.492 e. The van der Waals surface area contributed by atoms with Crippen LogP contribution in [0.3, 0.4) is 0 Å². The molecule has 0 aliphatic carbocycles. The monoisotopic (exact) mass is 578 g/mol. The zero-order chi connectivity index (χ0) is 30.8. The third-order valence-corrected chi connectivity index (χ3v) is 7.04. The summed E-state index contributed by atoms with van der Waals surface area (Å²) in [7, 11) is 1.35. The van der Waals surface area contributed by atoms with Crippen LogP contribution in [0.4, 0.5) is 11.4 Å². The van der Waals surface area contributed by atoms with Crippen molar-refractivity contribution in [3.63, 3.8) is 0 Å². The average molecular weight is 579 g/mol. The Labute approximate surface area is 253 Å². The number of ether oxygens (including phenoxy) is 2. The molecule has 222 valence electrons. The van der Waals surface area contributed by atoms with Gasteiger partial charge in [0.2, 0.25) is 5.91 Å². The van der Waals surface area contributed by atoms with E-state index in [1.54, 1.807) is 35.2 Å². The second kappa shape index (κ2) is 14.8. The Kier molecular flexibility index (Phi) is 10.7. The van der Waals surface area contributed by atoms with Gasteiger partial charge in [-0.25, -0.2) is 4.79 Å². The number of rotatable bonds is 13. The Bertz CT molecular complexity index is 1530. The van der Waals surface area contributed by atoms with Crippen LogP contribution in [0.5, 0.6) is 5.75 Å². The lowest BCUT2D eigenvalue weighted by Gasteiger charge is -2.25. The molecule has 0 radical (unpaired) electrons. The predicted octanol–water partition coefficient (Wildman–Crippen LogP) is 6.49. The summed E-state index contributed by atoms with van der Waals surface area (Å²) in [5, 5.41) is 3.23. The minimum absolute atomic E-state index is 0.0398. The lowest BCUT2D eigenvalue weighted by Crippen LogP contribution is -2.37. The van der Waals surface area contributed by atoms with Crippen LogP contribution in [0, 0.1) is 12.8 Å². The number of benzene rings is 4. The van der Waals surface area contributed by atoms with Crippen LogP contribution < -0.4 is 15.0 Å². The molecule has 7 heteroatoms. The molecular formula is C36H38N2O5. The highest BCUT2D eigenvalue weighted by Crippen LogP contribution is 2.23. The van der Waals surface area contributed by atoms with Crippen LogP contribution in [-0.2, 0) is 20.7 Å². The number of nitrogens with one attached hydrogen (secondary N) is 1. The summed E-state index contributed by atoms with van der Waals surface area (Å²) in [6, 6.07) is 30.8. The Morgan fingerprint density at radius 3 is 2.21 bits per heavy atom. The summed E-state index contributed by atoms with van der Waals surface area (Å²) >= 11 is 0. The number of hydrogen-bond acceptors (Lipinski definition) is 6. The standard InChI is InChI=1S/C36H38N2O5/c1-25(2)35(40)38(29-14-10-11-26(3)23-29)21-22-43-30-19-17-27(18-20-30)24-33(36(41)42-4)37-32-16-9-8-15-31(32)34(39)28-12-6-5-7-13-28/h5-20,23,25,33,37H,21-22,24H2,1-4H3/t33-/m0/s1. The fraction of sp³-hybridized carbons (Fsp3) is 0.250. The maximum Gasteiger partial charge on any atom is 0.328 e. The van der Waals surface area contributed by atoms with E-state index >= 15 is 0 Å². The number of carbonyl (C=O) groups is 3. The first-order valence-electron chi connectivity index (χ1n) is 14.4. The topological polar surface area (TPSA) is 84.9 Å². The van der Waals surface area contributed by atoms with Gasteiger partial charge in [0.05, 0.1) is 13.7 Å². The number of para-hydroxylation sites is 1. The SMILES string of the molecule is COC(=O)[C@H](Cc1ccc(OCCN(C(=O)C(C)C)c2cccc(C)c2)cc1)Nc1ccccc1C(=O)c1ccccc1. The number of anilines is 2. The number of methoxy groups -OCH3 is 1. The van der Waals surface area contributed by atoms with Crippen molar-refractivity contribution in [1.82, 2.24) is 0 Å². The molecule has 7 nitrogen and oxygen atoms in total. The molecule has 0 fully saturated rings. The molecule has 0 heterocycles. The van der Waals surface area contributed by atoms with E-state index in [0.29, 0.717) is 42.1 Å². The summed E-state index contributed by atoms with van der Waals surface area (Å²) in [4.78, 5) is 40.6. The molecule has 0 aliphatic rings. The maximum atomic E-state index is 13.2. The van der Waals surface area contributed by atoms with Gasteiger partial charge in [-0.05, 0) is 54.4 Å². The van der Waals surface area contributed by atoms with Gasteiger partial charge in [0, 0.05) is 34.8 Å². The largest absolute Gasteiger partial charge is 0.492 e. The summed E-state index contributed by atoms with van der Waals surface area (Å²) in [5.74, 6) is -0.0120. The maximum absolute atomic E-state index is 13.2. The molecule has 0 bridgehead atoms. The Morgan fingerprint density at radius 1 is 0.837 bits per heavy atom. The molecule has 1 amide bonds. The first-order chi connectivity index (χ1) is 20.8. The molecule has 0 unspecified atom stereocenters. The van der Waals surface area contributed by atoms with E-state index in [1.165, 1.54) is 7.11 Å². The molecule has 0 aromatic heterocycles. The van der Waals surface area contributed by atoms with Gasteiger partial charge in [-0.15, -0.1) is 0 Å². The molecule has 0 aliphatic heterocycles. The minimum atomic E-state index is -0.716. The van der Waals surface area contributed by atoms with Gasteiger partial charge in [0.25, 0.3) is 0 Å². The van der Waals surface area contributed by atoms with Crippen molar-refractivity contribution in [3.8, 4) is 5.75 Å². The van der Waals surface area contributed by atoms with Crippen LogP contribution in [-0.4, -0.2) is 44.0 Å². The first kappa shape index (κ1) is 31.0. The summed E-state index contributed by atoms with van der Waals surface area (Å²) in [5.41, 5.74) is 4.42. The molecule has 4 rings (SSSR count). The highest BCUT2D eigenvalue weighted by Gasteiger charge is 2.23. The molecule has 4 aromatic rings. The van der Waals surface area contributed by atoms with Gasteiger partial charge in [-0.3, -0.25) is 9.59 Å². The summed E-state index contributed by atoms with van der Waals surface area (Å²) in [6.07, 6.45) is 0.338. The van der Waals surface area contributed by atoms with E-state index in [1.807, 2.05) is 93.6 Å². The Hall–Kier alpha value is -4.91. The molecule has 43 heavy (non-hydrogen) atoms. The average Bonchev–Trinajstić information content (AvgIpc) is 3.03. The quantitative estimate of drug-likeness (QED) is 0.144.